The predicted octanol–water partition coefficient (Wildman–Crippen LogP) is 2.27. The van der Waals surface area contributed by atoms with Gasteiger partial charge in [0.25, 0.3) is 5.56 Å². The monoisotopic (exact) mass is 292 g/mol. The van der Waals surface area contributed by atoms with E-state index in [-0.39, 0.29) is 5.56 Å². The average molecular weight is 292 g/mol. The number of hydrogen-bond donors (Lipinski definition) is 1. The number of aromatic nitrogens is 4. The third-order valence-corrected chi connectivity index (χ3v) is 3.61. The Labute approximate surface area is 125 Å². The second kappa shape index (κ2) is 4.70. The van der Waals surface area contributed by atoms with Crippen LogP contribution < -0.4 is 10.3 Å². The second-order valence-corrected chi connectivity index (χ2v) is 4.87. The molecule has 0 amide bonds. The van der Waals surface area contributed by atoms with Gasteiger partial charge in [0.1, 0.15) is 5.75 Å². The SMILES string of the molecule is COc1ccc2c(c1)ncc1c(=O)n(-c3ccccn3)[nH]c12. The van der Waals surface area contributed by atoms with Crippen molar-refractivity contribution in [2.75, 3.05) is 7.11 Å². The summed E-state index contributed by atoms with van der Waals surface area (Å²) in [6.45, 7) is 0. The zero-order chi connectivity index (χ0) is 15.1. The fourth-order valence-electron chi connectivity index (χ4n) is 2.51. The number of methoxy groups -OCH3 is 1. The summed E-state index contributed by atoms with van der Waals surface area (Å²) in [5.74, 6) is 1.27. The van der Waals surface area contributed by atoms with Crippen molar-refractivity contribution in [2.45, 2.75) is 0 Å². The lowest BCUT2D eigenvalue weighted by atomic mass is 10.1. The van der Waals surface area contributed by atoms with Gasteiger partial charge in [0, 0.05) is 23.8 Å². The highest BCUT2D eigenvalue weighted by Crippen LogP contribution is 2.24. The summed E-state index contributed by atoms with van der Waals surface area (Å²) in [5.41, 5.74) is 1.34. The van der Waals surface area contributed by atoms with E-state index in [0.29, 0.717) is 11.2 Å². The van der Waals surface area contributed by atoms with Crippen molar-refractivity contribution in [3.8, 4) is 11.6 Å². The third-order valence-electron chi connectivity index (χ3n) is 3.61. The largest absolute Gasteiger partial charge is 0.497 e. The van der Waals surface area contributed by atoms with E-state index in [4.69, 9.17) is 4.74 Å². The molecule has 0 radical (unpaired) electrons. The quantitative estimate of drug-likeness (QED) is 0.615. The van der Waals surface area contributed by atoms with Crippen LogP contribution in [0.2, 0.25) is 0 Å². The molecule has 108 valence electrons. The first-order chi connectivity index (χ1) is 10.8. The lowest BCUT2D eigenvalue weighted by molar-refractivity contribution is 0.415. The maximum absolute atomic E-state index is 12.5. The molecule has 0 fully saturated rings. The first-order valence-corrected chi connectivity index (χ1v) is 6.77. The van der Waals surface area contributed by atoms with Crippen molar-refractivity contribution in [1.82, 2.24) is 19.7 Å². The Morgan fingerprint density at radius 1 is 1.14 bits per heavy atom. The summed E-state index contributed by atoms with van der Waals surface area (Å²) in [7, 11) is 1.61. The van der Waals surface area contributed by atoms with Gasteiger partial charge in [-0.3, -0.25) is 14.9 Å². The van der Waals surface area contributed by atoms with Crippen LogP contribution in [0.4, 0.5) is 0 Å². The molecule has 0 unspecified atom stereocenters. The molecule has 0 bridgehead atoms. The predicted molar refractivity (Wildman–Crippen MR) is 83.5 cm³/mol. The van der Waals surface area contributed by atoms with Gasteiger partial charge >= 0.3 is 0 Å². The van der Waals surface area contributed by atoms with Crippen molar-refractivity contribution >= 4 is 21.8 Å². The average Bonchev–Trinajstić information content (AvgIpc) is 2.92. The Kier molecular flexibility index (Phi) is 2.69. The smallest absolute Gasteiger partial charge is 0.282 e. The molecule has 0 aliphatic carbocycles. The molecule has 3 aromatic heterocycles. The first-order valence-electron chi connectivity index (χ1n) is 6.77. The highest BCUT2D eigenvalue weighted by Gasteiger charge is 2.12. The van der Waals surface area contributed by atoms with Crippen LogP contribution in [0, 0.1) is 0 Å². The molecule has 6 heteroatoms. The number of benzene rings is 1. The molecule has 4 rings (SSSR count). The van der Waals surface area contributed by atoms with Gasteiger partial charge in [0.15, 0.2) is 5.82 Å². The molecule has 0 saturated heterocycles. The van der Waals surface area contributed by atoms with Gasteiger partial charge < -0.3 is 4.74 Å². The number of fused-ring (bicyclic) bond motifs is 3. The van der Waals surface area contributed by atoms with Gasteiger partial charge in [-0.05, 0) is 24.3 Å². The minimum absolute atomic E-state index is 0.168. The standard InChI is InChI=1S/C16H12N4O2/c1-22-10-5-6-11-13(8-10)18-9-12-15(11)19-20(16(12)21)14-4-2-3-7-17-14/h2-9,19H,1H3. The summed E-state index contributed by atoms with van der Waals surface area (Å²) in [4.78, 5) is 21.1. The minimum atomic E-state index is -0.168. The Hall–Kier alpha value is -3.15. The van der Waals surface area contributed by atoms with Gasteiger partial charge in [0.05, 0.1) is 23.5 Å². The van der Waals surface area contributed by atoms with E-state index in [1.54, 1.807) is 31.6 Å². The van der Waals surface area contributed by atoms with E-state index in [1.807, 2.05) is 24.3 Å². The molecule has 3 heterocycles. The number of H-pyrrole nitrogens is 1. The van der Waals surface area contributed by atoms with E-state index in [1.165, 1.54) is 4.68 Å². The summed E-state index contributed by atoms with van der Waals surface area (Å²) in [5, 5.41) is 4.52. The third kappa shape index (κ3) is 1.77. The molecule has 22 heavy (non-hydrogen) atoms. The van der Waals surface area contributed by atoms with Gasteiger partial charge in [0.2, 0.25) is 0 Å². The minimum Gasteiger partial charge on any atom is -0.497 e. The zero-order valence-corrected chi connectivity index (χ0v) is 11.8. The van der Waals surface area contributed by atoms with Crippen LogP contribution in [0.1, 0.15) is 0 Å². The summed E-state index contributed by atoms with van der Waals surface area (Å²) in [6, 6.07) is 11.0. The topological polar surface area (TPSA) is 72.8 Å². The van der Waals surface area contributed by atoms with Crippen molar-refractivity contribution in [3.05, 3.63) is 59.1 Å². The summed E-state index contributed by atoms with van der Waals surface area (Å²) >= 11 is 0. The van der Waals surface area contributed by atoms with Crippen LogP contribution >= 0.6 is 0 Å². The molecule has 0 saturated carbocycles. The van der Waals surface area contributed by atoms with Gasteiger partial charge in [-0.2, -0.15) is 0 Å². The van der Waals surface area contributed by atoms with Crippen LogP contribution in [0.3, 0.4) is 0 Å². The highest BCUT2D eigenvalue weighted by atomic mass is 16.5. The van der Waals surface area contributed by atoms with Crippen LogP contribution in [0.25, 0.3) is 27.6 Å². The number of rotatable bonds is 2. The molecular formula is C16H12N4O2. The number of ether oxygens (including phenoxy) is 1. The normalized spacial score (nSPS) is 11.1. The molecule has 1 N–H and O–H groups in total. The van der Waals surface area contributed by atoms with Crippen molar-refractivity contribution in [1.29, 1.82) is 0 Å². The number of aromatic amines is 1. The van der Waals surface area contributed by atoms with Gasteiger partial charge in [-0.25, -0.2) is 9.67 Å². The van der Waals surface area contributed by atoms with Crippen molar-refractivity contribution in [2.24, 2.45) is 0 Å². The molecule has 4 aromatic rings. The van der Waals surface area contributed by atoms with Gasteiger partial charge in [-0.1, -0.05) is 6.07 Å². The number of nitrogens with one attached hydrogen (secondary N) is 1. The Morgan fingerprint density at radius 2 is 2.05 bits per heavy atom. The first kappa shape index (κ1) is 12.6. The maximum Gasteiger partial charge on any atom is 0.282 e. The number of hydrogen-bond acceptors (Lipinski definition) is 4. The van der Waals surface area contributed by atoms with Crippen molar-refractivity contribution < 1.29 is 4.74 Å². The molecule has 0 spiro atoms. The maximum atomic E-state index is 12.5. The molecular weight excluding hydrogens is 280 g/mol. The Balaban J connectivity index is 2.05. The van der Waals surface area contributed by atoms with E-state index >= 15 is 0 Å². The Bertz CT molecular complexity index is 1030. The van der Waals surface area contributed by atoms with Crippen LogP contribution in [0.15, 0.2) is 53.6 Å². The van der Waals surface area contributed by atoms with E-state index in [9.17, 15) is 4.79 Å². The second-order valence-electron chi connectivity index (χ2n) is 4.87. The van der Waals surface area contributed by atoms with Crippen LogP contribution in [0.5, 0.6) is 5.75 Å². The van der Waals surface area contributed by atoms with Crippen LogP contribution in [-0.2, 0) is 0 Å². The fraction of sp³-hybridized carbons (Fsp3) is 0.0625. The molecule has 0 aliphatic rings. The summed E-state index contributed by atoms with van der Waals surface area (Å²) < 4.78 is 6.63. The van der Waals surface area contributed by atoms with Gasteiger partial charge in [-0.15, -0.1) is 0 Å². The molecule has 0 atom stereocenters. The number of nitrogens with zero attached hydrogens (tertiary/aromatic N) is 3. The Morgan fingerprint density at radius 3 is 2.82 bits per heavy atom. The van der Waals surface area contributed by atoms with E-state index in [0.717, 1.165) is 22.2 Å². The van der Waals surface area contributed by atoms with Crippen molar-refractivity contribution in [3.63, 3.8) is 0 Å². The molecule has 0 aliphatic heterocycles. The van der Waals surface area contributed by atoms with E-state index < -0.39 is 0 Å². The lowest BCUT2D eigenvalue weighted by Crippen LogP contribution is -2.15. The van der Waals surface area contributed by atoms with E-state index in [2.05, 4.69) is 15.1 Å². The molecule has 1 aromatic carbocycles. The zero-order valence-electron chi connectivity index (χ0n) is 11.8. The highest BCUT2D eigenvalue weighted by molar-refractivity contribution is 6.03. The fourth-order valence-corrected chi connectivity index (χ4v) is 2.51. The van der Waals surface area contributed by atoms with Crippen LogP contribution in [-0.4, -0.2) is 26.9 Å². The lowest BCUT2D eigenvalue weighted by Gasteiger charge is -2.02. The molecule has 6 nitrogen and oxygen atoms in total. The summed E-state index contributed by atoms with van der Waals surface area (Å²) in [6.07, 6.45) is 3.23. The number of pyridine rings is 2.